The number of hydrogen-bond donors (Lipinski definition) is 1. The highest BCUT2D eigenvalue weighted by atomic mass is 16.4. The Hall–Kier alpha value is -0.530. The Balaban J connectivity index is 1.54. The fourth-order valence-corrected chi connectivity index (χ4v) is 5.50. The van der Waals surface area contributed by atoms with Crippen molar-refractivity contribution in [3.63, 3.8) is 0 Å². The van der Waals surface area contributed by atoms with E-state index in [0.29, 0.717) is 5.41 Å². The monoisotopic (exact) mass is 250 g/mol. The second-order valence-corrected chi connectivity index (χ2v) is 7.55. The molecule has 1 unspecified atom stereocenters. The molecule has 102 valence electrons. The van der Waals surface area contributed by atoms with E-state index in [-0.39, 0.29) is 5.92 Å². The molecule has 4 bridgehead atoms. The highest BCUT2D eigenvalue weighted by Gasteiger charge is 2.50. The number of carboxylic acid groups (broad SMARTS) is 1. The van der Waals surface area contributed by atoms with E-state index in [1.807, 2.05) is 6.92 Å². The lowest BCUT2D eigenvalue weighted by molar-refractivity contribution is -0.141. The normalized spacial score (nSPS) is 43.1. The smallest absolute Gasteiger partial charge is 0.306 e. The van der Waals surface area contributed by atoms with Gasteiger partial charge in [0, 0.05) is 0 Å². The van der Waals surface area contributed by atoms with Gasteiger partial charge in [0.25, 0.3) is 0 Å². The van der Waals surface area contributed by atoms with Crippen molar-refractivity contribution in [2.24, 2.45) is 29.1 Å². The average Bonchev–Trinajstić information content (AvgIpc) is 2.26. The van der Waals surface area contributed by atoms with E-state index in [4.69, 9.17) is 5.11 Å². The molecule has 0 heterocycles. The van der Waals surface area contributed by atoms with Crippen LogP contribution in [-0.2, 0) is 4.79 Å². The van der Waals surface area contributed by atoms with Crippen LogP contribution in [0.4, 0.5) is 0 Å². The van der Waals surface area contributed by atoms with Gasteiger partial charge in [-0.3, -0.25) is 4.79 Å². The third-order valence-corrected chi connectivity index (χ3v) is 5.93. The molecule has 2 nitrogen and oxygen atoms in total. The average molecular weight is 250 g/mol. The molecule has 0 aliphatic heterocycles. The Morgan fingerprint density at radius 2 is 1.67 bits per heavy atom. The number of aliphatic carboxylic acids is 1. The van der Waals surface area contributed by atoms with E-state index < -0.39 is 5.97 Å². The summed E-state index contributed by atoms with van der Waals surface area (Å²) in [5, 5.41) is 8.94. The van der Waals surface area contributed by atoms with E-state index in [0.717, 1.165) is 30.6 Å². The van der Waals surface area contributed by atoms with Crippen LogP contribution in [-0.4, -0.2) is 11.1 Å². The third kappa shape index (κ3) is 2.31. The first kappa shape index (κ1) is 12.5. The summed E-state index contributed by atoms with van der Waals surface area (Å²) in [6.07, 6.45) is 12.2. The summed E-state index contributed by atoms with van der Waals surface area (Å²) >= 11 is 0. The quantitative estimate of drug-likeness (QED) is 0.797. The van der Waals surface area contributed by atoms with Crippen LogP contribution in [0, 0.1) is 29.1 Å². The molecule has 0 aromatic rings. The summed E-state index contributed by atoms with van der Waals surface area (Å²) in [6, 6.07) is 0. The van der Waals surface area contributed by atoms with E-state index in [1.165, 1.54) is 44.9 Å². The van der Waals surface area contributed by atoms with Crippen LogP contribution < -0.4 is 0 Å². The molecule has 0 aromatic heterocycles. The molecule has 0 aromatic carbocycles. The summed E-state index contributed by atoms with van der Waals surface area (Å²) in [4.78, 5) is 10.9. The number of hydrogen-bond acceptors (Lipinski definition) is 1. The molecule has 0 saturated heterocycles. The molecule has 0 radical (unpaired) electrons. The van der Waals surface area contributed by atoms with Gasteiger partial charge in [-0.1, -0.05) is 13.3 Å². The van der Waals surface area contributed by atoms with Crippen molar-refractivity contribution >= 4 is 5.97 Å². The molecule has 0 spiro atoms. The van der Waals surface area contributed by atoms with Gasteiger partial charge in [0.2, 0.25) is 0 Å². The zero-order chi connectivity index (χ0) is 12.8. The van der Waals surface area contributed by atoms with Crippen molar-refractivity contribution in [3.05, 3.63) is 0 Å². The maximum absolute atomic E-state index is 10.9. The van der Waals surface area contributed by atoms with Crippen molar-refractivity contribution in [1.82, 2.24) is 0 Å². The minimum absolute atomic E-state index is 0.154. The maximum Gasteiger partial charge on any atom is 0.306 e. The lowest BCUT2D eigenvalue weighted by atomic mass is 9.48. The van der Waals surface area contributed by atoms with Crippen LogP contribution in [0.5, 0.6) is 0 Å². The maximum atomic E-state index is 10.9. The van der Waals surface area contributed by atoms with Gasteiger partial charge < -0.3 is 5.11 Å². The van der Waals surface area contributed by atoms with Crippen molar-refractivity contribution in [1.29, 1.82) is 0 Å². The second-order valence-electron chi connectivity index (χ2n) is 7.55. The molecular formula is C16H26O2. The van der Waals surface area contributed by atoms with E-state index in [9.17, 15) is 4.79 Å². The zero-order valence-corrected chi connectivity index (χ0v) is 11.5. The van der Waals surface area contributed by atoms with Crippen LogP contribution in [0.15, 0.2) is 0 Å². The van der Waals surface area contributed by atoms with Crippen molar-refractivity contribution in [2.45, 2.75) is 64.7 Å². The van der Waals surface area contributed by atoms with Gasteiger partial charge >= 0.3 is 5.97 Å². The Morgan fingerprint density at radius 3 is 2.11 bits per heavy atom. The SMILES string of the molecule is CC(CCCC12CC3CC(CC(C3)C1)C2)C(=O)O. The van der Waals surface area contributed by atoms with Gasteiger partial charge in [-0.25, -0.2) is 0 Å². The molecule has 1 atom stereocenters. The van der Waals surface area contributed by atoms with Gasteiger partial charge in [-0.05, 0) is 74.5 Å². The number of rotatable bonds is 5. The fraction of sp³-hybridized carbons (Fsp3) is 0.938. The van der Waals surface area contributed by atoms with Gasteiger partial charge in [-0.2, -0.15) is 0 Å². The first-order valence-electron chi connectivity index (χ1n) is 7.79. The van der Waals surface area contributed by atoms with Crippen LogP contribution >= 0.6 is 0 Å². The third-order valence-electron chi connectivity index (χ3n) is 5.93. The Bertz CT molecular complexity index is 299. The lowest BCUT2D eigenvalue weighted by Gasteiger charge is -2.57. The fourth-order valence-electron chi connectivity index (χ4n) is 5.50. The second kappa shape index (κ2) is 4.54. The molecule has 4 fully saturated rings. The minimum Gasteiger partial charge on any atom is -0.481 e. The molecule has 4 aliphatic carbocycles. The summed E-state index contributed by atoms with van der Waals surface area (Å²) in [7, 11) is 0. The number of carboxylic acids is 1. The van der Waals surface area contributed by atoms with Gasteiger partial charge in [0.15, 0.2) is 0 Å². The Morgan fingerprint density at radius 1 is 1.17 bits per heavy atom. The van der Waals surface area contributed by atoms with E-state index in [1.54, 1.807) is 0 Å². The van der Waals surface area contributed by atoms with Crippen LogP contribution in [0.25, 0.3) is 0 Å². The molecule has 2 heteroatoms. The first-order chi connectivity index (χ1) is 8.56. The van der Waals surface area contributed by atoms with Gasteiger partial charge in [0.05, 0.1) is 5.92 Å². The molecular weight excluding hydrogens is 224 g/mol. The molecule has 4 rings (SSSR count). The standard InChI is InChI=1S/C16H26O2/c1-11(15(17)18)3-2-4-16-8-12-5-13(9-16)7-14(6-12)10-16/h11-14H,2-10H2,1H3,(H,17,18). The molecule has 1 N–H and O–H groups in total. The highest BCUT2D eigenvalue weighted by Crippen LogP contribution is 2.61. The molecule has 0 amide bonds. The summed E-state index contributed by atoms with van der Waals surface area (Å²) < 4.78 is 0. The van der Waals surface area contributed by atoms with Gasteiger partial charge in [0.1, 0.15) is 0 Å². The van der Waals surface area contributed by atoms with E-state index >= 15 is 0 Å². The largest absolute Gasteiger partial charge is 0.481 e. The first-order valence-corrected chi connectivity index (χ1v) is 7.79. The summed E-state index contributed by atoms with van der Waals surface area (Å²) in [5.74, 6) is 2.29. The predicted octanol–water partition coefficient (Wildman–Crippen LogP) is 4.09. The minimum atomic E-state index is -0.625. The van der Waals surface area contributed by atoms with Crippen LogP contribution in [0.2, 0.25) is 0 Å². The highest BCUT2D eigenvalue weighted by molar-refractivity contribution is 5.69. The molecule has 4 saturated carbocycles. The Labute approximate surface area is 110 Å². The van der Waals surface area contributed by atoms with E-state index in [2.05, 4.69) is 0 Å². The lowest BCUT2D eigenvalue weighted by Crippen LogP contribution is -2.45. The molecule has 4 aliphatic rings. The topological polar surface area (TPSA) is 37.3 Å². The van der Waals surface area contributed by atoms with Gasteiger partial charge in [-0.15, -0.1) is 0 Å². The van der Waals surface area contributed by atoms with Crippen molar-refractivity contribution in [3.8, 4) is 0 Å². The predicted molar refractivity (Wildman–Crippen MR) is 71.3 cm³/mol. The Kier molecular flexibility index (Phi) is 3.15. The number of carbonyl (C=O) groups is 1. The zero-order valence-electron chi connectivity index (χ0n) is 11.5. The summed E-state index contributed by atoms with van der Waals surface area (Å²) in [6.45, 7) is 1.85. The molecule has 18 heavy (non-hydrogen) atoms. The van der Waals surface area contributed by atoms with Crippen molar-refractivity contribution in [2.75, 3.05) is 0 Å². The van der Waals surface area contributed by atoms with Crippen LogP contribution in [0.3, 0.4) is 0 Å². The van der Waals surface area contributed by atoms with Crippen LogP contribution in [0.1, 0.15) is 64.7 Å². The summed E-state index contributed by atoms with van der Waals surface area (Å²) in [5.41, 5.74) is 0.632. The van der Waals surface area contributed by atoms with Crippen molar-refractivity contribution < 1.29 is 9.90 Å².